The van der Waals surface area contributed by atoms with Gasteiger partial charge in [-0.25, -0.2) is 4.98 Å². The van der Waals surface area contributed by atoms with Crippen molar-refractivity contribution < 1.29 is 14.3 Å². The molecule has 0 saturated heterocycles. The summed E-state index contributed by atoms with van der Waals surface area (Å²) in [4.78, 5) is 29.2. The van der Waals surface area contributed by atoms with Crippen molar-refractivity contribution in [3.63, 3.8) is 0 Å². The Morgan fingerprint density at radius 1 is 1.12 bits per heavy atom. The zero-order valence-electron chi connectivity index (χ0n) is 14.7. The van der Waals surface area contributed by atoms with Crippen molar-refractivity contribution in [1.29, 1.82) is 0 Å². The Hall–Kier alpha value is -2.25. The highest BCUT2D eigenvalue weighted by molar-refractivity contribution is 7.12. The van der Waals surface area contributed by atoms with Crippen molar-refractivity contribution in [2.24, 2.45) is 0 Å². The molecule has 1 aromatic heterocycles. The van der Waals surface area contributed by atoms with Gasteiger partial charge in [0.05, 0.1) is 30.3 Å². The van der Waals surface area contributed by atoms with E-state index in [0.29, 0.717) is 13.2 Å². The maximum absolute atomic E-state index is 12.2. The van der Waals surface area contributed by atoms with Crippen LogP contribution in [0.25, 0.3) is 11.3 Å². The largest absolute Gasteiger partial charge is 0.383 e. The van der Waals surface area contributed by atoms with Gasteiger partial charge in [-0.2, -0.15) is 0 Å². The predicted octanol–water partition coefficient (Wildman–Crippen LogP) is 1.85. The Bertz CT molecular complexity index is 726. The molecule has 25 heavy (non-hydrogen) atoms. The topological polar surface area (TPSA) is 80.3 Å². The van der Waals surface area contributed by atoms with Gasteiger partial charge in [-0.1, -0.05) is 29.8 Å². The number of ether oxygens (including phenoxy) is 1. The summed E-state index contributed by atoms with van der Waals surface area (Å²) in [7, 11) is 1.57. The number of methoxy groups -OCH3 is 1. The number of carbonyl (C=O) groups excluding carboxylic acids is 2. The third kappa shape index (κ3) is 5.95. The van der Waals surface area contributed by atoms with Crippen LogP contribution in [0.3, 0.4) is 0 Å². The normalized spacial score (nSPS) is 10.5. The lowest BCUT2D eigenvalue weighted by atomic mass is 10.1. The summed E-state index contributed by atoms with van der Waals surface area (Å²) in [5, 5.41) is 6.22. The van der Waals surface area contributed by atoms with Crippen molar-refractivity contribution in [2.45, 2.75) is 20.3 Å². The molecular weight excluding hydrogens is 338 g/mol. The quantitative estimate of drug-likeness (QED) is 0.703. The van der Waals surface area contributed by atoms with Gasteiger partial charge < -0.3 is 15.4 Å². The van der Waals surface area contributed by atoms with Crippen LogP contribution in [0, 0.1) is 13.8 Å². The second-order valence-corrected chi connectivity index (χ2v) is 6.95. The number of hydrogen-bond acceptors (Lipinski definition) is 5. The first-order chi connectivity index (χ1) is 12.0. The highest BCUT2D eigenvalue weighted by Crippen LogP contribution is 2.28. The number of rotatable bonds is 8. The lowest BCUT2D eigenvalue weighted by Crippen LogP contribution is -2.38. The van der Waals surface area contributed by atoms with Crippen LogP contribution < -0.4 is 10.6 Å². The summed E-state index contributed by atoms with van der Waals surface area (Å²) < 4.78 is 4.85. The number of nitrogens with zero attached hydrogens (tertiary/aromatic N) is 1. The zero-order valence-corrected chi connectivity index (χ0v) is 15.5. The predicted molar refractivity (Wildman–Crippen MR) is 98.6 cm³/mol. The van der Waals surface area contributed by atoms with Gasteiger partial charge in [0.25, 0.3) is 0 Å². The van der Waals surface area contributed by atoms with E-state index in [2.05, 4.69) is 15.6 Å². The lowest BCUT2D eigenvalue weighted by molar-refractivity contribution is -0.125. The molecular formula is C18H23N3O3S. The number of aromatic nitrogens is 1. The Kier molecular flexibility index (Phi) is 7.09. The number of carbonyl (C=O) groups is 2. The van der Waals surface area contributed by atoms with Crippen molar-refractivity contribution >= 4 is 23.2 Å². The molecule has 0 aliphatic heterocycles. The Labute approximate surface area is 151 Å². The average Bonchev–Trinajstić information content (AvgIpc) is 2.94. The minimum atomic E-state index is -0.232. The fraction of sp³-hybridized carbons (Fsp3) is 0.389. The van der Waals surface area contributed by atoms with E-state index in [1.54, 1.807) is 7.11 Å². The number of hydrogen-bond donors (Lipinski definition) is 2. The van der Waals surface area contributed by atoms with E-state index < -0.39 is 0 Å². The molecule has 0 spiro atoms. The average molecular weight is 361 g/mol. The van der Waals surface area contributed by atoms with Crippen LogP contribution in [0.5, 0.6) is 0 Å². The van der Waals surface area contributed by atoms with Gasteiger partial charge in [0, 0.05) is 24.1 Å². The summed E-state index contributed by atoms with van der Waals surface area (Å²) in [6.45, 7) is 4.78. The van der Waals surface area contributed by atoms with Gasteiger partial charge >= 0.3 is 0 Å². The summed E-state index contributed by atoms with van der Waals surface area (Å²) in [6, 6.07) is 8.07. The zero-order chi connectivity index (χ0) is 18.2. The molecule has 0 unspecified atom stereocenters. The highest BCUT2D eigenvalue weighted by atomic mass is 32.1. The second-order valence-electron chi connectivity index (χ2n) is 5.67. The minimum Gasteiger partial charge on any atom is -0.383 e. The molecule has 0 aliphatic carbocycles. The monoisotopic (exact) mass is 361 g/mol. The molecule has 0 saturated carbocycles. The molecule has 7 heteroatoms. The van der Waals surface area contributed by atoms with E-state index in [9.17, 15) is 9.59 Å². The molecule has 1 heterocycles. The van der Waals surface area contributed by atoms with E-state index in [-0.39, 0.29) is 24.8 Å². The van der Waals surface area contributed by atoms with Crippen molar-refractivity contribution in [3.8, 4) is 11.3 Å². The molecule has 2 rings (SSSR count). The molecule has 0 atom stereocenters. The van der Waals surface area contributed by atoms with Gasteiger partial charge in [-0.05, 0) is 13.8 Å². The molecule has 2 N–H and O–H groups in total. The summed E-state index contributed by atoms with van der Waals surface area (Å²) in [5.41, 5.74) is 3.01. The highest BCUT2D eigenvalue weighted by Gasteiger charge is 2.15. The van der Waals surface area contributed by atoms with Crippen LogP contribution in [0.15, 0.2) is 24.3 Å². The molecule has 1 aromatic carbocycles. The van der Waals surface area contributed by atoms with Gasteiger partial charge in [-0.15, -0.1) is 11.3 Å². The molecule has 2 amide bonds. The first-order valence-corrected chi connectivity index (χ1v) is 8.87. The molecule has 0 fully saturated rings. The van der Waals surface area contributed by atoms with Crippen LogP contribution in [-0.4, -0.2) is 43.6 Å². The Balaban J connectivity index is 1.95. The first-order valence-electron chi connectivity index (χ1n) is 8.05. The van der Waals surface area contributed by atoms with Gasteiger partial charge in [0.15, 0.2) is 0 Å². The summed E-state index contributed by atoms with van der Waals surface area (Å²) >= 11 is 1.50. The van der Waals surface area contributed by atoms with Crippen LogP contribution in [-0.2, 0) is 20.7 Å². The Morgan fingerprint density at radius 3 is 2.52 bits per heavy atom. The maximum atomic E-state index is 12.2. The SMILES string of the molecule is COCCNC(=O)CNC(=O)Cc1sc(C)nc1-c1ccc(C)cc1. The minimum absolute atomic E-state index is 0.0415. The third-order valence-electron chi connectivity index (χ3n) is 3.52. The second kappa shape index (κ2) is 9.29. The van der Waals surface area contributed by atoms with E-state index in [1.807, 2.05) is 38.1 Å². The molecule has 0 aliphatic rings. The number of amides is 2. The van der Waals surface area contributed by atoms with E-state index >= 15 is 0 Å². The van der Waals surface area contributed by atoms with Crippen molar-refractivity contribution in [2.75, 3.05) is 26.8 Å². The maximum Gasteiger partial charge on any atom is 0.239 e. The number of nitrogens with one attached hydrogen (secondary N) is 2. The fourth-order valence-electron chi connectivity index (χ4n) is 2.27. The Morgan fingerprint density at radius 2 is 1.84 bits per heavy atom. The number of aryl methyl sites for hydroxylation is 2. The van der Waals surface area contributed by atoms with E-state index in [0.717, 1.165) is 21.1 Å². The lowest BCUT2D eigenvalue weighted by Gasteiger charge is -2.07. The van der Waals surface area contributed by atoms with Gasteiger partial charge in [0.1, 0.15) is 0 Å². The van der Waals surface area contributed by atoms with E-state index in [4.69, 9.17) is 4.74 Å². The van der Waals surface area contributed by atoms with Crippen molar-refractivity contribution in [3.05, 3.63) is 39.7 Å². The van der Waals surface area contributed by atoms with Crippen molar-refractivity contribution in [1.82, 2.24) is 15.6 Å². The van der Waals surface area contributed by atoms with Gasteiger partial charge in [0.2, 0.25) is 11.8 Å². The summed E-state index contributed by atoms with van der Waals surface area (Å²) in [6.07, 6.45) is 0.208. The molecule has 6 nitrogen and oxygen atoms in total. The van der Waals surface area contributed by atoms with Crippen LogP contribution in [0.4, 0.5) is 0 Å². The molecule has 134 valence electrons. The molecule has 0 radical (unpaired) electrons. The van der Waals surface area contributed by atoms with Crippen LogP contribution in [0.1, 0.15) is 15.4 Å². The smallest absolute Gasteiger partial charge is 0.239 e. The number of benzene rings is 1. The fourth-order valence-corrected chi connectivity index (χ4v) is 3.23. The van der Waals surface area contributed by atoms with Crippen LogP contribution in [0.2, 0.25) is 0 Å². The number of thiazole rings is 1. The standard InChI is InChI=1S/C18H23N3O3S/c1-12-4-6-14(7-5-12)18-15(25-13(2)21-18)10-16(22)20-11-17(23)19-8-9-24-3/h4-7H,8-11H2,1-3H3,(H,19,23)(H,20,22). The van der Waals surface area contributed by atoms with Crippen LogP contribution >= 0.6 is 11.3 Å². The third-order valence-corrected chi connectivity index (χ3v) is 4.50. The summed E-state index contributed by atoms with van der Waals surface area (Å²) in [5.74, 6) is -0.427. The molecule has 2 aromatic rings. The molecule has 0 bridgehead atoms. The first kappa shape index (κ1) is 19.1. The van der Waals surface area contributed by atoms with E-state index in [1.165, 1.54) is 16.9 Å². The van der Waals surface area contributed by atoms with Gasteiger partial charge in [-0.3, -0.25) is 9.59 Å².